The summed E-state index contributed by atoms with van der Waals surface area (Å²) in [5, 5.41) is 21.2. The lowest BCUT2D eigenvalue weighted by Gasteiger charge is -2.29. The zero-order valence-corrected chi connectivity index (χ0v) is 15.3. The summed E-state index contributed by atoms with van der Waals surface area (Å²) in [6.07, 6.45) is 5.29. The number of allylic oxidation sites excluding steroid dienone is 3. The number of ether oxygens (including phenoxy) is 2. The molecule has 8 nitrogen and oxygen atoms in total. The summed E-state index contributed by atoms with van der Waals surface area (Å²) in [5.41, 5.74) is 1.52. The Morgan fingerprint density at radius 1 is 1.46 bits per heavy atom. The van der Waals surface area contributed by atoms with E-state index in [2.05, 4.69) is 4.98 Å². The number of nitrogens with zero attached hydrogens (tertiary/aromatic N) is 1. The Kier molecular flexibility index (Phi) is 3.99. The topological polar surface area (TPSA) is 115 Å². The predicted octanol–water partition coefficient (Wildman–Crippen LogP) is 4.33. The highest BCUT2D eigenvalue weighted by molar-refractivity contribution is 5.92. The van der Waals surface area contributed by atoms with Gasteiger partial charge in [-0.25, -0.2) is 0 Å². The van der Waals surface area contributed by atoms with Crippen LogP contribution in [-0.4, -0.2) is 21.0 Å². The second-order valence-electron chi connectivity index (χ2n) is 7.17. The number of nitro benzene ring substituents is 1. The highest BCUT2D eigenvalue weighted by atomic mass is 16.6. The van der Waals surface area contributed by atoms with Crippen LogP contribution in [0.3, 0.4) is 0 Å². The van der Waals surface area contributed by atoms with Gasteiger partial charge in [-0.05, 0) is 50.1 Å². The van der Waals surface area contributed by atoms with Crippen molar-refractivity contribution in [2.24, 2.45) is 5.41 Å². The highest BCUT2D eigenvalue weighted by Crippen LogP contribution is 2.49. The average molecular weight is 382 g/mol. The van der Waals surface area contributed by atoms with Gasteiger partial charge in [0.05, 0.1) is 33.9 Å². The van der Waals surface area contributed by atoms with E-state index in [0.717, 1.165) is 5.69 Å². The quantitative estimate of drug-likeness (QED) is 0.587. The maximum absolute atomic E-state index is 11.7. The first-order chi connectivity index (χ1) is 13.3. The van der Waals surface area contributed by atoms with Gasteiger partial charge < -0.3 is 19.6 Å². The zero-order valence-electron chi connectivity index (χ0n) is 15.3. The minimum absolute atomic E-state index is 0.104. The lowest BCUT2D eigenvalue weighted by Crippen LogP contribution is -2.22. The third kappa shape index (κ3) is 2.83. The molecule has 1 aromatic heterocycles. The molecule has 2 aliphatic rings. The van der Waals surface area contributed by atoms with Crippen molar-refractivity contribution in [1.29, 1.82) is 0 Å². The number of hydrogen-bond donors (Lipinski definition) is 2. The van der Waals surface area contributed by atoms with Crippen LogP contribution in [0.4, 0.5) is 5.69 Å². The largest absolute Gasteiger partial charge is 0.481 e. The summed E-state index contributed by atoms with van der Waals surface area (Å²) in [5.74, 6) is 0.212. The Labute approximate surface area is 159 Å². The molecule has 8 heteroatoms. The molecule has 1 aromatic carbocycles. The lowest BCUT2D eigenvalue weighted by atomic mass is 9.75. The smallest absolute Gasteiger partial charge is 0.320 e. The number of carboxylic acid groups (broad SMARTS) is 1. The number of aromatic nitrogens is 1. The summed E-state index contributed by atoms with van der Waals surface area (Å²) < 4.78 is 11.4. The van der Waals surface area contributed by atoms with Gasteiger partial charge in [0.2, 0.25) is 5.75 Å². The second kappa shape index (κ2) is 6.26. The fourth-order valence-electron chi connectivity index (χ4n) is 3.65. The van der Waals surface area contributed by atoms with Gasteiger partial charge in [-0.15, -0.1) is 0 Å². The van der Waals surface area contributed by atoms with Crippen molar-refractivity contribution in [2.45, 2.75) is 26.7 Å². The van der Waals surface area contributed by atoms with E-state index in [1.165, 1.54) is 6.26 Å². The molecule has 1 atom stereocenters. The Morgan fingerprint density at radius 3 is 2.96 bits per heavy atom. The van der Waals surface area contributed by atoms with Crippen LogP contribution in [0.2, 0.25) is 0 Å². The van der Waals surface area contributed by atoms with Gasteiger partial charge in [-0.1, -0.05) is 0 Å². The fraction of sp³-hybridized carbons (Fsp3) is 0.250. The average Bonchev–Trinajstić information content (AvgIpc) is 3.14. The van der Waals surface area contributed by atoms with Crippen molar-refractivity contribution in [3.63, 3.8) is 0 Å². The van der Waals surface area contributed by atoms with E-state index in [1.54, 1.807) is 30.4 Å². The maximum atomic E-state index is 11.7. The van der Waals surface area contributed by atoms with Crippen molar-refractivity contribution in [1.82, 2.24) is 4.98 Å². The molecule has 0 fully saturated rings. The molecule has 1 aliphatic heterocycles. The highest BCUT2D eigenvalue weighted by Gasteiger charge is 2.41. The summed E-state index contributed by atoms with van der Waals surface area (Å²) in [4.78, 5) is 25.3. The molecular formula is C20H18N2O6. The van der Waals surface area contributed by atoms with Crippen LogP contribution in [0.5, 0.6) is 5.75 Å². The number of H-pyrrole nitrogens is 1. The van der Waals surface area contributed by atoms with Crippen LogP contribution in [0.1, 0.15) is 25.5 Å². The normalized spacial score (nSPS) is 20.7. The summed E-state index contributed by atoms with van der Waals surface area (Å²) >= 11 is 0. The van der Waals surface area contributed by atoms with Gasteiger partial charge in [0.15, 0.2) is 0 Å². The number of nitro groups is 1. The number of aromatic amines is 1. The van der Waals surface area contributed by atoms with E-state index < -0.39 is 16.3 Å². The maximum Gasteiger partial charge on any atom is 0.320 e. The zero-order chi connectivity index (χ0) is 20.1. The molecule has 144 valence electrons. The van der Waals surface area contributed by atoms with Crippen LogP contribution >= 0.6 is 0 Å². The molecule has 2 heterocycles. The molecular weight excluding hydrogens is 364 g/mol. The van der Waals surface area contributed by atoms with Crippen LogP contribution in [-0.2, 0) is 9.53 Å². The number of benzene rings is 1. The molecule has 28 heavy (non-hydrogen) atoms. The van der Waals surface area contributed by atoms with Crippen LogP contribution in [0.25, 0.3) is 10.9 Å². The number of rotatable bonds is 5. The van der Waals surface area contributed by atoms with E-state index >= 15 is 0 Å². The van der Waals surface area contributed by atoms with Gasteiger partial charge in [0, 0.05) is 11.8 Å². The molecule has 1 aliphatic carbocycles. The van der Waals surface area contributed by atoms with Crippen LogP contribution in [0, 0.1) is 22.5 Å². The van der Waals surface area contributed by atoms with E-state index in [1.807, 2.05) is 13.8 Å². The molecule has 0 saturated heterocycles. The lowest BCUT2D eigenvalue weighted by molar-refractivity contribution is -0.383. The first-order valence-electron chi connectivity index (χ1n) is 8.73. The standard InChI is InChI=1S/C20H18N2O6/c1-11-7-14-15(21-11)3-4-16(19(14)22(25)26)28-13-5-6-20(2)12(8-18(23)24)10-27-17(20)9-13/h3-5,7,9-10,21H,6,8H2,1-2H3,(H,23,24). The van der Waals surface area contributed by atoms with Gasteiger partial charge in [-0.3, -0.25) is 14.9 Å². The monoisotopic (exact) mass is 382 g/mol. The van der Waals surface area contributed by atoms with Gasteiger partial charge in [0.25, 0.3) is 0 Å². The first kappa shape index (κ1) is 17.8. The fourth-order valence-corrected chi connectivity index (χ4v) is 3.65. The molecule has 0 radical (unpaired) electrons. The van der Waals surface area contributed by atoms with Crippen LogP contribution in [0.15, 0.2) is 53.7 Å². The summed E-state index contributed by atoms with van der Waals surface area (Å²) in [6.45, 7) is 3.74. The number of hydrogen-bond acceptors (Lipinski definition) is 5. The molecule has 2 aromatic rings. The van der Waals surface area contributed by atoms with Crippen molar-refractivity contribution >= 4 is 22.6 Å². The number of fused-ring (bicyclic) bond motifs is 2. The van der Waals surface area contributed by atoms with Crippen molar-refractivity contribution in [3.05, 3.63) is 69.5 Å². The number of carboxylic acids is 1. The van der Waals surface area contributed by atoms with E-state index in [9.17, 15) is 14.9 Å². The van der Waals surface area contributed by atoms with Crippen LogP contribution < -0.4 is 4.74 Å². The van der Waals surface area contributed by atoms with E-state index in [-0.39, 0.29) is 17.9 Å². The Bertz CT molecular complexity index is 1110. The van der Waals surface area contributed by atoms with Crippen molar-refractivity contribution in [3.8, 4) is 5.75 Å². The SMILES string of the molecule is Cc1cc2c([N+](=O)[O-])c(OC3=CCC4(C)C(CC(=O)O)=COC4=C3)ccc2[nH]1. The third-order valence-corrected chi connectivity index (χ3v) is 5.19. The van der Waals surface area contributed by atoms with Crippen molar-refractivity contribution < 1.29 is 24.3 Å². The Morgan fingerprint density at radius 2 is 2.25 bits per heavy atom. The minimum Gasteiger partial charge on any atom is -0.481 e. The second-order valence-corrected chi connectivity index (χ2v) is 7.17. The van der Waals surface area contributed by atoms with Gasteiger partial charge in [0.1, 0.15) is 11.5 Å². The predicted molar refractivity (Wildman–Crippen MR) is 101 cm³/mol. The number of aryl methyl sites for hydroxylation is 1. The number of aliphatic carboxylic acids is 1. The van der Waals surface area contributed by atoms with Gasteiger partial charge in [-0.2, -0.15) is 0 Å². The molecule has 0 bridgehead atoms. The molecule has 0 spiro atoms. The van der Waals surface area contributed by atoms with Gasteiger partial charge >= 0.3 is 11.7 Å². The summed E-state index contributed by atoms with van der Waals surface area (Å²) in [6, 6.07) is 5.02. The van der Waals surface area contributed by atoms with Crippen molar-refractivity contribution in [2.75, 3.05) is 0 Å². The number of carbonyl (C=O) groups is 1. The third-order valence-electron chi connectivity index (χ3n) is 5.19. The Balaban J connectivity index is 1.65. The first-order valence-corrected chi connectivity index (χ1v) is 8.73. The van der Waals surface area contributed by atoms with E-state index in [0.29, 0.717) is 34.4 Å². The minimum atomic E-state index is -0.922. The molecule has 4 rings (SSSR count). The molecule has 0 amide bonds. The molecule has 0 saturated carbocycles. The van der Waals surface area contributed by atoms with E-state index in [4.69, 9.17) is 14.6 Å². The summed E-state index contributed by atoms with van der Waals surface area (Å²) in [7, 11) is 0. The number of nitrogens with one attached hydrogen (secondary N) is 1. The molecule has 2 N–H and O–H groups in total. The Hall–Kier alpha value is -3.55. The molecule has 1 unspecified atom stereocenters.